The molecule has 0 amide bonds. The number of ether oxygens (including phenoxy) is 4. The fourth-order valence-electron chi connectivity index (χ4n) is 9.54. The number of esters is 4. The second-order valence-corrected chi connectivity index (χ2v) is 27.8. The number of aliphatic hydroxyl groups excluding tert-OH is 1. The van der Waals surface area contributed by atoms with Gasteiger partial charge >= 0.3 is 39.5 Å². The van der Waals surface area contributed by atoms with E-state index in [2.05, 4.69) is 55.4 Å². The standard InChI is InChI=1S/C65H126O17P2/c1-9-57(7)43-35-27-19-13-11-12-14-20-31-39-47-64(69)81-61(52-76-63(68)46-38-30-24-23-28-36-44-58(8)10-2)54-80-84(73,74)78-50-59(66)49-77-83(71,72)79-53-60(82-65(70)48-40-32-22-16-18-26-34-42-56(5)6)51-75-62(67)45-37-29-21-15-17-25-33-41-55(3)4/h55-61,66H,9-54H2,1-8H3,(H,71,72)(H,73,74)/t57?,58?,59-,60-,61-/m1/s1. The molecule has 3 N–H and O–H groups in total. The average Bonchev–Trinajstić information content (AvgIpc) is 3.50. The van der Waals surface area contributed by atoms with E-state index in [0.717, 1.165) is 115 Å². The van der Waals surface area contributed by atoms with Crippen LogP contribution in [-0.2, 0) is 65.4 Å². The van der Waals surface area contributed by atoms with E-state index in [4.69, 9.17) is 37.0 Å². The minimum absolute atomic E-state index is 0.102. The lowest BCUT2D eigenvalue weighted by atomic mass is 9.99. The van der Waals surface area contributed by atoms with E-state index >= 15 is 0 Å². The summed E-state index contributed by atoms with van der Waals surface area (Å²) in [6, 6.07) is 0. The zero-order chi connectivity index (χ0) is 62.5. The zero-order valence-corrected chi connectivity index (χ0v) is 56.3. The third kappa shape index (κ3) is 56.6. The molecule has 19 heteroatoms. The molecule has 0 saturated heterocycles. The summed E-state index contributed by atoms with van der Waals surface area (Å²) in [5.41, 5.74) is 0. The highest BCUT2D eigenvalue weighted by atomic mass is 31.2. The number of aliphatic hydroxyl groups is 1. The van der Waals surface area contributed by atoms with Crippen molar-refractivity contribution in [3.63, 3.8) is 0 Å². The van der Waals surface area contributed by atoms with Crippen LogP contribution in [0.1, 0.15) is 312 Å². The first-order valence-corrected chi connectivity index (χ1v) is 36.8. The van der Waals surface area contributed by atoms with Crippen molar-refractivity contribution in [2.45, 2.75) is 331 Å². The van der Waals surface area contributed by atoms with Crippen LogP contribution in [-0.4, -0.2) is 96.7 Å². The minimum atomic E-state index is -4.95. The molecule has 0 aliphatic carbocycles. The van der Waals surface area contributed by atoms with Gasteiger partial charge in [0.05, 0.1) is 26.4 Å². The van der Waals surface area contributed by atoms with Gasteiger partial charge in [0.1, 0.15) is 19.3 Å². The molecule has 7 atom stereocenters. The normalized spacial score (nSPS) is 15.1. The molecule has 0 aliphatic heterocycles. The Morgan fingerprint density at radius 3 is 0.845 bits per heavy atom. The number of carbonyl (C=O) groups is 4. The SMILES string of the molecule is CCC(C)CCCCCCCCCCCCC(=O)O[C@H](COC(=O)CCCCCCCCC(C)CC)COP(=O)(O)OC[C@H](O)COP(=O)(O)OC[C@@H](COC(=O)CCCCCCCCCC(C)C)OC(=O)CCCCCCCCCC(C)C. The van der Waals surface area contributed by atoms with E-state index in [1.165, 1.54) is 103 Å². The first-order valence-electron chi connectivity index (χ1n) is 33.8. The number of phosphoric acid groups is 2. The molecule has 0 heterocycles. The zero-order valence-electron chi connectivity index (χ0n) is 54.5. The Hall–Kier alpha value is -1.94. The predicted molar refractivity (Wildman–Crippen MR) is 335 cm³/mol. The highest BCUT2D eigenvalue weighted by Gasteiger charge is 2.30. The van der Waals surface area contributed by atoms with Crippen LogP contribution in [0.5, 0.6) is 0 Å². The summed E-state index contributed by atoms with van der Waals surface area (Å²) in [5, 5.41) is 10.5. The summed E-state index contributed by atoms with van der Waals surface area (Å²) in [6.07, 6.45) is 34.9. The van der Waals surface area contributed by atoms with Gasteiger partial charge in [-0.25, -0.2) is 9.13 Å². The van der Waals surface area contributed by atoms with Gasteiger partial charge in [0.25, 0.3) is 0 Å². The number of phosphoric ester groups is 2. The summed E-state index contributed by atoms with van der Waals surface area (Å²) >= 11 is 0. The van der Waals surface area contributed by atoms with Crippen LogP contribution < -0.4 is 0 Å². The topological polar surface area (TPSA) is 237 Å². The highest BCUT2D eigenvalue weighted by molar-refractivity contribution is 7.47. The van der Waals surface area contributed by atoms with Crippen LogP contribution in [0.4, 0.5) is 0 Å². The van der Waals surface area contributed by atoms with Crippen molar-refractivity contribution < 1.29 is 80.2 Å². The van der Waals surface area contributed by atoms with Crippen LogP contribution in [0.25, 0.3) is 0 Å². The Bertz CT molecular complexity index is 1680. The Labute approximate surface area is 511 Å². The molecular weight excluding hydrogens is 1110 g/mol. The molecule has 0 spiro atoms. The fourth-order valence-corrected chi connectivity index (χ4v) is 11.1. The molecule has 84 heavy (non-hydrogen) atoms. The fraction of sp³-hybridized carbons (Fsp3) is 0.938. The third-order valence-electron chi connectivity index (χ3n) is 15.5. The molecule has 0 aromatic rings. The Morgan fingerprint density at radius 1 is 0.333 bits per heavy atom. The summed E-state index contributed by atoms with van der Waals surface area (Å²) in [6.45, 7) is 14.0. The molecule has 4 unspecified atom stereocenters. The van der Waals surface area contributed by atoms with Crippen molar-refractivity contribution in [2.24, 2.45) is 23.7 Å². The molecule has 0 rings (SSSR count). The maximum absolute atomic E-state index is 13.0. The summed E-state index contributed by atoms with van der Waals surface area (Å²) < 4.78 is 68.0. The molecule has 498 valence electrons. The number of rotatable bonds is 62. The molecule has 0 aliphatic rings. The lowest BCUT2D eigenvalue weighted by molar-refractivity contribution is -0.161. The van der Waals surface area contributed by atoms with Crippen molar-refractivity contribution in [3.05, 3.63) is 0 Å². The molecule has 0 fully saturated rings. The van der Waals surface area contributed by atoms with Crippen LogP contribution in [0.3, 0.4) is 0 Å². The quantitative estimate of drug-likeness (QED) is 0.0222. The van der Waals surface area contributed by atoms with E-state index in [0.29, 0.717) is 37.5 Å². The molecule has 0 aromatic carbocycles. The third-order valence-corrected chi connectivity index (χ3v) is 17.4. The summed E-state index contributed by atoms with van der Waals surface area (Å²) in [7, 11) is -9.89. The van der Waals surface area contributed by atoms with Crippen molar-refractivity contribution in [2.75, 3.05) is 39.6 Å². The van der Waals surface area contributed by atoms with Gasteiger partial charge in [0.2, 0.25) is 0 Å². The van der Waals surface area contributed by atoms with Gasteiger partial charge in [-0.05, 0) is 49.4 Å². The number of hydrogen-bond donors (Lipinski definition) is 3. The number of hydrogen-bond acceptors (Lipinski definition) is 15. The van der Waals surface area contributed by atoms with Crippen molar-refractivity contribution in [1.82, 2.24) is 0 Å². The second kappa shape index (κ2) is 55.2. The Balaban J connectivity index is 5.26. The minimum Gasteiger partial charge on any atom is -0.462 e. The molecule has 0 aromatic heterocycles. The summed E-state index contributed by atoms with van der Waals surface area (Å²) in [5.74, 6) is 0.794. The lowest BCUT2D eigenvalue weighted by Gasteiger charge is -2.21. The highest BCUT2D eigenvalue weighted by Crippen LogP contribution is 2.45. The van der Waals surface area contributed by atoms with Gasteiger partial charge in [-0.2, -0.15) is 0 Å². The van der Waals surface area contributed by atoms with Crippen LogP contribution in [0, 0.1) is 23.7 Å². The summed E-state index contributed by atoms with van der Waals surface area (Å²) in [4.78, 5) is 72.2. The number of unbranched alkanes of at least 4 members (excludes halogenated alkanes) is 26. The first-order chi connectivity index (χ1) is 40.2. The Morgan fingerprint density at radius 2 is 0.571 bits per heavy atom. The van der Waals surface area contributed by atoms with Gasteiger partial charge in [-0.1, -0.05) is 261 Å². The van der Waals surface area contributed by atoms with E-state index in [1.54, 1.807) is 0 Å². The maximum atomic E-state index is 13.0. The molecule has 0 bridgehead atoms. The van der Waals surface area contributed by atoms with Gasteiger partial charge < -0.3 is 33.8 Å². The smallest absolute Gasteiger partial charge is 0.462 e. The van der Waals surface area contributed by atoms with E-state index < -0.39 is 97.5 Å². The van der Waals surface area contributed by atoms with Crippen LogP contribution in [0.2, 0.25) is 0 Å². The van der Waals surface area contributed by atoms with E-state index in [1.807, 2.05) is 0 Å². The molecule has 0 saturated carbocycles. The predicted octanol–water partition coefficient (Wildman–Crippen LogP) is 17.8. The van der Waals surface area contributed by atoms with Gasteiger partial charge in [0.15, 0.2) is 12.2 Å². The van der Waals surface area contributed by atoms with Crippen molar-refractivity contribution in [1.29, 1.82) is 0 Å². The second-order valence-electron chi connectivity index (χ2n) is 24.9. The van der Waals surface area contributed by atoms with E-state index in [-0.39, 0.29) is 25.7 Å². The van der Waals surface area contributed by atoms with Gasteiger partial charge in [-0.3, -0.25) is 37.3 Å². The van der Waals surface area contributed by atoms with Crippen molar-refractivity contribution >= 4 is 39.5 Å². The van der Waals surface area contributed by atoms with Crippen LogP contribution in [0.15, 0.2) is 0 Å². The average molecular weight is 1240 g/mol. The molecule has 17 nitrogen and oxygen atoms in total. The van der Waals surface area contributed by atoms with Gasteiger partial charge in [0, 0.05) is 25.7 Å². The van der Waals surface area contributed by atoms with Crippen LogP contribution >= 0.6 is 15.6 Å². The van der Waals surface area contributed by atoms with E-state index in [9.17, 15) is 43.2 Å². The van der Waals surface area contributed by atoms with Gasteiger partial charge in [-0.15, -0.1) is 0 Å². The van der Waals surface area contributed by atoms with Crippen molar-refractivity contribution in [3.8, 4) is 0 Å². The molecular formula is C65H126O17P2. The monoisotopic (exact) mass is 1240 g/mol. The first kappa shape index (κ1) is 82.1. The molecule has 0 radical (unpaired) electrons. The lowest BCUT2D eigenvalue weighted by Crippen LogP contribution is -2.30. The number of carbonyl (C=O) groups excluding carboxylic acids is 4. The Kier molecular flexibility index (Phi) is 53.9. The largest absolute Gasteiger partial charge is 0.472 e. The maximum Gasteiger partial charge on any atom is 0.472 e.